The SMILES string of the molecule is [Cl][Cu][Cl].c1ccc(C[SH+]CC[SH+]Cc2ccccn2)nc1. The van der Waals surface area contributed by atoms with Gasteiger partial charge in [-0.3, -0.25) is 9.97 Å². The van der Waals surface area contributed by atoms with Crippen LogP contribution in [-0.4, -0.2) is 21.5 Å². The fourth-order valence-electron chi connectivity index (χ4n) is 1.51. The summed E-state index contributed by atoms with van der Waals surface area (Å²) in [6, 6.07) is 12.2. The van der Waals surface area contributed by atoms with Crippen molar-refractivity contribution in [2.75, 3.05) is 11.5 Å². The third-order valence-corrected chi connectivity index (χ3v) is 4.94. The number of nitrogens with zero attached hydrogens (tertiary/aromatic N) is 2. The third-order valence-electron chi connectivity index (χ3n) is 2.42. The minimum atomic E-state index is 0.757. The van der Waals surface area contributed by atoms with Crippen molar-refractivity contribution in [2.45, 2.75) is 11.5 Å². The summed E-state index contributed by atoms with van der Waals surface area (Å²) in [5.74, 6) is 4.62. The smallest absolute Gasteiger partial charge is 0.150 e. The van der Waals surface area contributed by atoms with Crippen LogP contribution in [0.25, 0.3) is 0 Å². The van der Waals surface area contributed by atoms with E-state index >= 15 is 0 Å². The maximum Gasteiger partial charge on any atom is 0.150 e. The van der Waals surface area contributed by atoms with Crippen molar-refractivity contribution in [1.29, 1.82) is 0 Å². The number of hydrogen-bond acceptors (Lipinski definition) is 2. The van der Waals surface area contributed by atoms with Crippen LogP contribution in [0.3, 0.4) is 0 Å². The van der Waals surface area contributed by atoms with Gasteiger partial charge in [0.25, 0.3) is 0 Å². The van der Waals surface area contributed by atoms with Crippen LogP contribution in [0.2, 0.25) is 0 Å². The van der Waals surface area contributed by atoms with Crippen molar-refractivity contribution in [1.82, 2.24) is 9.97 Å². The molecule has 2 nitrogen and oxygen atoms in total. The maximum atomic E-state index is 4.67. The van der Waals surface area contributed by atoms with Gasteiger partial charge in [-0.25, -0.2) is 0 Å². The molecule has 0 bridgehead atoms. The van der Waals surface area contributed by atoms with Gasteiger partial charge in [-0.15, -0.1) is 0 Å². The first-order chi connectivity index (χ1) is 10.4. The first-order valence-corrected chi connectivity index (χ1v) is 11.4. The zero-order valence-electron chi connectivity index (χ0n) is 11.3. The Labute approximate surface area is 149 Å². The topological polar surface area (TPSA) is 25.8 Å². The molecule has 0 fully saturated rings. The Morgan fingerprint density at radius 3 is 1.57 bits per heavy atom. The van der Waals surface area contributed by atoms with Crippen molar-refractivity contribution in [3.8, 4) is 0 Å². The van der Waals surface area contributed by atoms with Crippen molar-refractivity contribution < 1.29 is 13.1 Å². The minimum Gasteiger partial charge on any atom is -0.256 e. The molecular weight excluding hydrogens is 395 g/mol. The monoisotopic (exact) mass is 411 g/mol. The molecule has 0 spiro atoms. The fraction of sp³-hybridized carbons (Fsp3) is 0.286. The molecule has 0 radical (unpaired) electrons. The Hall–Kier alpha value is 0.0995. The standard InChI is InChI=1S/C14H16N2S2.2ClH.Cu/c1-3-7-15-13(5-1)11-17-9-10-18-12-14-6-2-4-8-16-14;;;/h1-8H,9-12H2;2*1H;/q;;;+2. The van der Waals surface area contributed by atoms with E-state index in [9.17, 15) is 0 Å². The van der Waals surface area contributed by atoms with Gasteiger partial charge < -0.3 is 0 Å². The zero-order chi connectivity index (χ0) is 15.2. The molecule has 0 unspecified atom stereocenters. The van der Waals surface area contributed by atoms with Crippen LogP contribution in [-0.2, 0) is 48.2 Å². The Morgan fingerprint density at radius 1 is 0.810 bits per heavy atom. The minimum absolute atomic E-state index is 0.757. The Balaban J connectivity index is 0.000000677. The summed E-state index contributed by atoms with van der Waals surface area (Å²) in [5.41, 5.74) is 2.39. The van der Waals surface area contributed by atoms with E-state index < -0.39 is 0 Å². The van der Waals surface area contributed by atoms with Gasteiger partial charge in [0.15, 0.2) is 11.5 Å². The van der Waals surface area contributed by atoms with E-state index in [-0.39, 0.29) is 0 Å². The molecule has 0 atom stereocenters. The van der Waals surface area contributed by atoms with Crippen LogP contribution < -0.4 is 0 Å². The second kappa shape index (κ2) is 13.7. The summed E-state index contributed by atoms with van der Waals surface area (Å²) in [6.45, 7) is 0. The van der Waals surface area contributed by atoms with Gasteiger partial charge in [0.2, 0.25) is 0 Å². The number of hydrogen-bond donors (Lipinski definition) is 0. The Bertz CT molecular complexity index is 420. The van der Waals surface area contributed by atoms with Crippen LogP contribution in [0.1, 0.15) is 11.4 Å². The van der Waals surface area contributed by atoms with Crippen molar-refractivity contribution in [3.63, 3.8) is 0 Å². The molecule has 0 amide bonds. The molecule has 21 heavy (non-hydrogen) atoms. The molecule has 0 N–H and O–H groups in total. The van der Waals surface area contributed by atoms with Gasteiger partial charge in [0, 0.05) is 12.4 Å². The van der Waals surface area contributed by atoms with E-state index in [1.807, 2.05) is 24.5 Å². The Kier molecular flexibility index (Phi) is 12.5. The summed E-state index contributed by atoms with van der Waals surface area (Å²) in [6.07, 6.45) is 3.73. The molecule has 7 heteroatoms. The van der Waals surface area contributed by atoms with E-state index in [1.165, 1.54) is 46.4 Å². The van der Waals surface area contributed by atoms with Gasteiger partial charge in [0.1, 0.15) is 11.5 Å². The van der Waals surface area contributed by atoms with E-state index in [2.05, 4.69) is 54.4 Å². The second-order valence-electron chi connectivity index (χ2n) is 3.90. The summed E-state index contributed by atoms with van der Waals surface area (Å²) in [5, 5.41) is 0. The van der Waals surface area contributed by atoms with Gasteiger partial charge in [-0.05, 0) is 47.8 Å². The third kappa shape index (κ3) is 10.5. The summed E-state index contributed by atoms with van der Waals surface area (Å²) < 4.78 is 0. The van der Waals surface area contributed by atoms with Crippen LogP contribution in [0, 0.1) is 0 Å². The van der Waals surface area contributed by atoms with Gasteiger partial charge in [0.05, 0.1) is 11.4 Å². The van der Waals surface area contributed by atoms with Gasteiger partial charge in [-0.1, -0.05) is 12.1 Å². The Morgan fingerprint density at radius 2 is 1.24 bits per heavy atom. The molecule has 0 aliphatic heterocycles. The number of pyridine rings is 2. The summed E-state index contributed by atoms with van der Waals surface area (Å²) in [4.78, 5) is 8.65. The van der Waals surface area contributed by atoms with E-state index in [0.29, 0.717) is 0 Å². The quantitative estimate of drug-likeness (QED) is 0.302. The average molecular weight is 413 g/mol. The van der Waals surface area contributed by atoms with E-state index in [1.54, 1.807) is 0 Å². The van der Waals surface area contributed by atoms with Crippen molar-refractivity contribution in [3.05, 3.63) is 60.2 Å². The van der Waals surface area contributed by atoms with Crippen LogP contribution in [0.5, 0.6) is 0 Å². The molecule has 0 saturated carbocycles. The molecular formula is C14H18Cl2CuN2S2+2. The predicted molar refractivity (Wildman–Crippen MR) is 94.8 cm³/mol. The van der Waals surface area contributed by atoms with E-state index in [4.69, 9.17) is 0 Å². The molecule has 0 aliphatic rings. The molecule has 2 aromatic rings. The van der Waals surface area contributed by atoms with Crippen LogP contribution in [0.15, 0.2) is 48.8 Å². The molecule has 2 rings (SSSR count). The predicted octanol–water partition coefficient (Wildman–Crippen LogP) is 3.18. The molecule has 0 aliphatic carbocycles. The maximum absolute atomic E-state index is 4.67. The fourth-order valence-corrected chi connectivity index (χ4v) is 3.79. The molecule has 119 valence electrons. The van der Waals surface area contributed by atoms with Crippen molar-refractivity contribution >= 4 is 43.7 Å². The van der Waals surface area contributed by atoms with Crippen LogP contribution >= 0.6 is 20.2 Å². The van der Waals surface area contributed by atoms with Gasteiger partial charge >= 0.3 is 33.3 Å². The summed E-state index contributed by atoms with van der Waals surface area (Å²) >= 11 is 3.70. The molecule has 0 saturated heterocycles. The largest absolute Gasteiger partial charge is 0.256 e. The van der Waals surface area contributed by atoms with Gasteiger partial charge in [-0.2, -0.15) is 0 Å². The summed E-state index contributed by atoms with van der Waals surface area (Å²) in [7, 11) is 9.34. The van der Waals surface area contributed by atoms with Crippen molar-refractivity contribution in [2.24, 2.45) is 0 Å². The molecule has 0 aromatic carbocycles. The first-order valence-electron chi connectivity index (χ1n) is 6.24. The number of rotatable bonds is 7. The second-order valence-corrected chi connectivity index (χ2v) is 7.87. The average Bonchev–Trinajstić information content (AvgIpc) is 2.53. The first kappa shape index (κ1) is 19.1. The molecule has 2 aromatic heterocycles. The zero-order valence-corrected chi connectivity index (χ0v) is 15.5. The number of halogens is 2. The normalized spacial score (nSPS) is 10.0. The van der Waals surface area contributed by atoms with Crippen LogP contribution in [0.4, 0.5) is 0 Å². The number of thiol groups is 2. The molecule has 2 heterocycles. The van der Waals surface area contributed by atoms with E-state index in [0.717, 1.165) is 24.6 Å². The number of aromatic nitrogens is 2.